The van der Waals surface area contributed by atoms with E-state index in [1.54, 1.807) is 4.68 Å². The third kappa shape index (κ3) is 2.01. The molecule has 0 aliphatic carbocycles. The Morgan fingerprint density at radius 3 is 2.59 bits per heavy atom. The van der Waals surface area contributed by atoms with Crippen LogP contribution < -0.4 is 0 Å². The summed E-state index contributed by atoms with van der Waals surface area (Å²) in [4.78, 5) is 4.58. The van der Waals surface area contributed by atoms with E-state index in [0.717, 1.165) is 28.2 Å². The van der Waals surface area contributed by atoms with Gasteiger partial charge < -0.3 is 0 Å². The van der Waals surface area contributed by atoms with Crippen molar-refractivity contribution in [2.75, 3.05) is 0 Å². The van der Waals surface area contributed by atoms with E-state index in [2.05, 4.69) is 33.4 Å². The van der Waals surface area contributed by atoms with Gasteiger partial charge in [0, 0.05) is 12.7 Å². The maximum Gasteiger partial charge on any atom is 0.140 e. The molecule has 3 aromatic heterocycles. The van der Waals surface area contributed by atoms with Crippen LogP contribution >= 0.6 is 11.6 Å². The van der Waals surface area contributed by atoms with Gasteiger partial charge in [-0.05, 0) is 44.7 Å². The molecule has 112 valence electrons. The SMILES string of the molecule is C#Cc1c(Cl)c(-c2c(C)cc(C)c3nc(C)cn23)nn1CC. The molecule has 0 aliphatic heterocycles. The molecule has 0 unspecified atom stereocenters. The van der Waals surface area contributed by atoms with Gasteiger partial charge in [0.05, 0.1) is 11.4 Å². The predicted molar refractivity (Wildman–Crippen MR) is 89.2 cm³/mol. The van der Waals surface area contributed by atoms with E-state index < -0.39 is 0 Å². The molecule has 3 rings (SSSR count). The minimum absolute atomic E-state index is 0.518. The van der Waals surface area contributed by atoms with Gasteiger partial charge in [0.15, 0.2) is 0 Å². The van der Waals surface area contributed by atoms with Crippen LogP contribution in [-0.2, 0) is 6.54 Å². The van der Waals surface area contributed by atoms with Gasteiger partial charge in [-0.3, -0.25) is 9.08 Å². The van der Waals surface area contributed by atoms with Crippen LogP contribution in [0.3, 0.4) is 0 Å². The molecule has 22 heavy (non-hydrogen) atoms. The van der Waals surface area contributed by atoms with Crippen LogP contribution in [0.2, 0.25) is 5.02 Å². The number of terminal acetylenes is 1. The van der Waals surface area contributed by atoms with Crippen LogP contribution in [0.25, 0.3) is 17.0 Å². The highest BCUT2D eigenvalue weighted by Crippen LogP contribution is 2.33. The highest BCUT2D eigenvalue weighted by Gasteiger charge is 2.20. The van der Waals surface area contributed by atoms with Crippen molar-refractivity contribution in [2.24, 2.45) is 0 Å². The topological polar surface area (TPSA) is 35.1 Å². The number of pyridine rings is 1. The first kappa shape index (κ1) is 14.7. The molecule has 0 fully saturated rings. The quantitative estimate of drug-likeness (QED) is 0.675. The third-order valence-corrected chi connectivity index (χ3v) is 4.14. The van der Waals surface area contributed by atoms with Crippen molar-refractivity contribution in [2.45, 2.75) is 34.2 Å². The average molecular weight is 313 g/mol. The zero-order valence-corrected chi connectivity index (χ0v) is 13.9. The summed E-state index contributed by atoms with van der Waals surface area (Å²) >= 11 is 6.50. The van der Waals surface area contributed by atoms with Crippen molar-refractivity contribution in [3.8, 4) is 23.7 Å². The molecular formula is C17H17ClN4. The molecule has 0 aromatic carbocycles. The number of aromatic nitrogens is 4. The van der Waals surface area contributed by atoms with Crippen LogP contribution in [0.5, 0.6) is 0 Å². The summed E-state index contributed by atoms with van der Waals surface area (Å²) in [5, 5.41) is 5.13. The minimum Gasteiger partial charge on any atom is -0.297 e. The van der Waals surface area contributed by atoms with Gasteiger partial charge in [0.25, 0.3) is 0 Å². The smallest absolute Gasteiger partial charge is 0.140 e. The Bertz CT molecular complexity index is 925. The molecule has 0 amide bonds. The fraction of sp³-hybridized carbons (Fsp3) is 0.294. The van der Waals surface area contributed by atoms with Crippen molar-refractivity contribution in [1.29, 1.82) is 0 Å². The van der Waals surface area contributed by atoms with E-state index in [0.29, 0.717) is 23.0 Å². The van der Waals surface area contributed by atoms with E-state index in [4.69, 9.17) is 18.0 Å². The Labute approximate surface area is 134 Å². The van der Waals surface area contributed by atoms with Gasteiger partial charge in [-0.25, -0.2) is 4.98 Å². The first-order valence-corrected chi connectivity index (χ1v) is 7.54. The fourth-order valence-electron chi connectivity index (χ4n) is 2.85. The normalized spacial score (nSPS) is 11.1. The van der Waals surface area contributed by atoms with E-state index in [1.165, 1.54) is 0 Å². The number of rotatable bonds is 2. The predicted octanol–water partition coefficient (Wildman–Crippen LogP) is 3.78. The molecule has 0 bridgehead atoms. The lowest BCUT2D eigenvalue weighted by Crippen LogP contribution is -2.01. The summed E-state index contributed by atoms with van der Waals surface area (Å²) in [6.45, 7) is 8.75. The van der Waals surface area contributed by atoms with Gasteiger partial charge in [-0.2, -0.15) is 5.10 Å². The summed E-state index contributed by atoms with van der Waals surface area (Å²) in [6, 6.07) is 2.11. The highest BCUT2D eigenvalue weighted by molar-refractivity contribution is 6.34. The second-order valence-corrected chi connectivity index (χ2v) is 5.78. The maximum atomic E-state index is 6.50. The molecular weight excluding hydrogens is 296 g/mol. The highest BCUT2D eigenvalue weighted by atomic mass is 35.5. The van der Waals surface area contributed by atoms with Crippen LogP contribution in [0.15, 0.2) is 12.3 Å². The Kier molecular flexibility index (Phi) is 3.46. The molecule has 3 heterocycles. The number of halogens is 1. The molecule has 0 saturated heterocycles. The van der Waals surface area contributed by atoms with Gasteiger partial charge in [-0.1, -0.05) is 17.7 Å². The molecule has 3 aromatic rings. The van der Waals surface area contributed by atoms with E-state index >= 15 is 0 Å². The first-order valence-electron chi connectivity index (χ1n) is 7.17. The number of imidazole rings is 1. The lowest BCUT2D eigenvalue weighted by atomic mass is 10.1. The fourth-order valence-corrected chi connectivity index (χ4v) is 3.13. The van der Waals surface area contributed by atoms with E-state index in [9.17, 15) is 0 Å². The molecule has 0 aliphatic rings. The molecule has 0 saturated carbocycles. The molecule has 0 N–H and O–H groups in total. The van der Waals surface area contributed by atoms with E-state index in [1.807, 2.05) is 27.0 Å². The average Bonchev–Trinajstić information content (AvgIpc) is 3.00. The lowest BCUT2D eigenvalue weighted by Gasteiger charge is -2.09. The monoisotopic (exact) mass is 312 g/mol. The molecule has 5 heteroatoms. The number of aryl methyl sites for hydroxylation is 4. The van der Waals surface area contributed by atoms with Crippen molar-refractivity contribution in [3.05, 3.63) is 39.8 Å². The Morgan fingerprint density at radius 2 is 2.00 bits per heavy atom. The second kappa shape index (κ2) is 5.19. The maximum absolute atomic E-state index is 6.50. The molecule has 0 spiro atoms. The number of hydrogen-bond acceptors (Lipinski definition) is 2. The van der Waals surface area contributed by atoms with Crippen molar-refractivity contribution in [3.63, 3.8) is 0 Å². The second-order valence-electron chi connectivity index (χ2n) is 5.41. The number of nitrogens with zero attached hydrogens (tertiary/aromatic N) is 4. The number of hydrogen-bond donors (Lipinski definition) is 0. The van der Waals surface area contributed by atoms with Crippen molar-refractivity contribution >= 4 is 17.2 Å². The molecule has 4 nitrogen and oxygen atoms in total. The molecule has 0 radical (unpaired) electrons. The van der Waals surface area contributed by atoms with Crippen molar-refractivity contribution in [1.82, 2.24) is 19.2 Å². The van der Waals surface area contributed by atoms with Gasteiger partial charge in [-0.15, -0.1) is 6.42 Å². The van der Waals surface area contributed by atoms with E-state index in [-0.39, 0.29) is 0 Å². The zero-order valence-electron chi connectivity index (χ0n) is 13.1. The van der Waals surface area contributed by atoms with Crippen LogP contribution in [0, 0.1) is 33.1 Å². The molecule has 0 atom stereocenters. The van der Waals surface area contributed by atoms with Crippen LogP contribution in [0.4, 0.5) is 0 Å². The Hall–Kier alpha value is -2.25. The van der Waals surface area contributed by atoms with Gasteiger partial charge >= 0.3 is 0 Å². The van der Waals surface area contributed by atoms with Crippen LogP contribution in [0.1, 0.15) is 29.4 Å². The minimum atomic E-state index is 0.518. The largest absolute Gasteiger partial charge is 0.297 e. The first-order chi connectivity index (χ1) is 10.5. The lowest BCUT2D eigenvalue weighted by molar-refractivity contribution is 0.654. The number of fused-ring (bicyclic) bond motifs is 1. The Morgan fingerprint density at radius 1 is 1.27 bits per heavy atom. The summed E-state index contributed by atoms with van der Waals surface area (Å²) in [5.41, 5.74) is 6.35. The summed E-state index contributed by atoms with van der Waals surface area (Å²) in [5.74, 6) is 2.63. The zero-order chi connectivity index (χ0) is 16.0. The summed E-state index contributed by atoms with van der Waals surface area (Å²) < 4.78 is 3.81. The van der Waals surface area contributed by atoms with Gasteiger partial charge in [0.1, 0.15) is 22.1 Å². The third-order valence-electron chi connectivity index (χ3n) is 3.78. The summed E-state index contributed by atoms with van der Waals surface area (Å²) in [7, 11) is 0. The van der Waals surface area contributed by atoms with Gasteiger partial charge in [0.2, 0.25) is 0 Å². The summed E-state index contributed by atoms with van der Waals surface area (Å²) in [6.07, 6.45) is 7.58. The standard InChI is InChI=1S/C17H17ClN4/c1-6-13-14(18)15(20-22(13)7-2)16-10(3)8-11(4)17-19-12(5)9-21(16)17/h1,8-9H,7H2,2-5H3. The van der Waals surface area contributed by atoms with Crippen molar-refractivity contribution < 1.29 is 0 Å². The van der Waals surface area contributed by atoms with Crippen LogP contribution in [-0.4, -0.2) is 19.2 Å². The Balaban J connectivity index is 2.41.